The van der Waals surface area contributed by atoms with Crippen molar-refractivity contribution < 1.29 is 0 Å². The van der Waals surface area contributed by atoms with Gasteiger partial charge in [0, 0.05) is 37.8 Å². The average molecular weight is 335 g/mol. The van der Waals surface area contributed by atoms with E-state index in [4.69, 9.17) is 0 Å². The maximum Gasteiger partial charge on any atom is 0.191 e. The Hall–Kier alpha value is -0.770. The third-order valence-electron chi connectivity index (χ3n) is 6.18. The molecule has 138 valence electrons. The summed E-state index contributed by atoms with van der Waals surface area (Å²) in [6, 6.07) is 2.15. The minimum atomic E-state index is 0.603. The summed E-state index contributed by atoms with van der Waals surface area (Å²) in [7, 11) is 0. The second kappa shape index (κ2) is 9.07. The molecule has 24 heavy (non-hydrogen) atoms. The molecule has 4 nitrogen and oxygen atoms in total. The highest BCUT2D eigenvalue weighted by molar-refractivity contribution is 5.80. The third-order valence-corrected chi connectivity index (χ3v) is 6.18. The predicted octanol–water partition coefficient (Wildman–Crippen LogP) is 3.53. The predicted molar refractivity (Wildman–Crippen MR) is 103 cm³/mol. The first-order valence-corrected chi connectivity index (χ1v) is 10.6. The molecule has 2 atom stereocenters. The van der Waals surface area contributed by atoms with Crippen LogP contribution in [0.25, 0.3) is 0 Å². The Morgan fingerprint density at radius 1 is 1.00 bits per heavy atom. The minimum Gasteiger partial charge on any atom is -0.354 e. The first kappa shape index (κ1) is 18.0. The van der Waals surface area contributed by atoms with E-state index in [-0.39, 0.29) is 0 Å². The summed E-state index contributed by atoms with van der Waals surface area (Å²) in [4.78, 5) is 7.45. The quantitative estimate of drug-likeness (QED) is 0.577. The van der Waals surface area contributed by atoms with Gasteiger partial charge in [0.2, 0.25) is 0 Å². The Morgan fingerprint density at radius 2 is 1.75 bits per heavy atom. The van der Waals surface area contributed by atoms with E-state index in [2.05, 4.69) is 34.4 Å². The molecule has 0 aromatic heterocycles. The van der Waals surface area contributed by atoms with Crippen LogP contribution in [0.2, 0.25) is 0 Å². The van der Waals surface area contributed by atoms with Gasteiger partial charge in [0.15, 0.2) is 5.96 Å². The summed E-state index contributed by atoms with van der Waals surface area (Å²) in [6.07, 6.45) is 13.7. The highest BCUT2D eigenvalue weighted by atomic mass is 15.2. The van der Waals surface area contributed by atoms with Crippen molar-refractivity contribution in [2.75, 3.05) is 19.6 Å². The van der Waals surface area contributed by atoms with Gasteiger partial charge in [-0.1, -0.05) is 32.6 Å². The van der Waals surface area contributed by atoms with Crippen LogP contribution in [0.3, 0.4) is 0 Å². The van der Waals surface area contributed by atoms with E-state index in [1.54, 1.807) is 0 Å². The van der Waals surface area contributed by atoms with Crippen LogP contribution >= 0.6 is 0 Å². The van der Waals surface area contributed by atoms with E-state index in [1.807, 2.05) is 0 Å². The van der Waals surface area contributed by atoms with E-state index < -0.39 is 0 Å². The van der Waals surface area contributed by atoms with Gasteiger partial charge >= 0.3 is 0 Å². The molecule has 1 heterocycles. The smallest absolute Gasteiger partial charge is 0.191 e. The van der Waals surface area contributed by atoms with Gasteiger partial charge in [-0.15, -0.1) is 0 Å². The lowest BCUT2D eigenvalue weighted by Crippen LogP contribution is -2.51. The molecule has 0 aromatic carbocycles. The number of piperidine rings is 1. The Bertz CT molecular complexity index is 394. The number of likely N-dealkylation sites (tertiary alicyclic amines) is 1. The molecule has 2 unspecified atom stereocenters. The average Bonchev–Trinajstić information content (AvgIpc) is 3.34. The number of hydrogen-bond acceptors (Lipinski definition) is 2. The fourth-order valence-corrected chi connectivity index (χ4v) is 4.63. The van der Waals surface area contributed by atoms with Crippen molar-refractivity contribution in [2.45, 2.75) is 96.2 Å². The number of hydrogen-bond donors (Lipinski definition) is 2. The molecule has 4 heteroatoms. The van der Waals surface area contributed by atoms with E-state index in [0.717, 1.165) is 24.5 Å². The van der Waals surface area contributed by atoms with Gasteiger partial charge < -0.3 is 15.5 Å². The summed E-state index contributed by atoms with van der Waals surface area (Å²) < 4.78 is 0. The molecule has 2 N–H and O–H groups in total. The first-order chi connectivity index (χ1) is 11.8. The van der Waals surface area contributed by atoms with E-state index >= 15 is 0 Å². The molecule has 2 saturated carbocycles. The first-order valence-electron chi connectivity index (χ1n) is 10.6. The monoisotopic (exact) mass is 334 g/mol. The number of rotatable bonds is 6. The van der Waals surface area contributed by atoms with Gasteiger partial charge in [-0.25, -0.2) is 0 Å². The van der Waals surface area contributed by atoms with Gasteiger partial charge in [-0.3, -0.25) is 4.99 Å². The van der Waals surface area contributed by atoms with Crippen LogP contribution in [0.15, 0.2) is 4.99 Å². The van der Waals surface area contributed by atoms with E-state index in [9.17, 15) is 0 Å². The molecule has 0 aromatic rings. The van der Waals surface area contributed by atoms with Crippen LogP contribution in [-0.2, 0) is 0 Å². The number of nitrogens with zero attached hydrogens (tertiary/aromatic N) is 2. The van der Waals surface area contributed by atoms with Crippen molar-refractivity contribution in [1.82, 2.24) is 15.5 Å². The Kier molecular flexibility index (Phi) is 6.82. The molecule has 0 amide bonds. The zero-order chi connectivity index (χ0) is 16.8. The summed E-state index contributed by atoms with van der Waals surface area (Å²) in [5.41, 5.74) is 0. The fourth-order valence-electron chi connectivity index (χ4n) is 4.63. The molecule has 0 radical (unpaired) electrons. The van der Waals surface area contributed by atoms with Gasteiger partial charge in [0.05, 0.1) is 0 Å². The normalized spacial score (nSPS) is 30.3. The molecular weight excluding hydrogens is 296 g/mol. The van der Waals surface area contributed by atoms with Crippen LogP contribution < -0.4 is 10.6 Å². The van der Waals surface area contributed by atoms with Gasteiger partial charge in [-0.2, -0.15) is 0 Å². The molecule has 3 fully saturated rings. The Morgan fingerprint density at radius 3 is 2.42 bits per heavy atom. The summed E-state index contributed by atoms with van der Waals surface area (Å²) in [5, 5.41) is 7.40. The van der Waals surface area contributed by atoms with Crippen LogP contribution in [0.4, 0.5) is 0 Å². The maximum absolute atomic E-state index is 4.68. The van der Waals surface area contributed by atoms with Crippen molar-refractivity contribution >= 4 is 5.96 Å². The highest BCUT2D eigenvalue weighted by Crippen LogP contribution is 2.34. The summed E-state index contributed by atoms with van der Waals surface area (Å²) in [5.74, 6) is 1.95. The van der Waals surface area contributed by atoms with Crippen LogP contribution in [-0.4, -0.2) is 48.6 Å². The zero-order valence-electron chi connectivity index (χ0n) is 15.9. The lowest BCUT2D eigenvalue weighted by Gasteiger charge is -2.39. The number of guanidine groups is 1. The fraction of sp³-hybridized carbons (Fsp3) is 0.950. The second-order valence-electron chi connectivity index (χ2n) is 8.10. The molecule has 3 aliphatic rings. The lowest BCUT2D eigenvalue weighted by atomic mass is 9.92. The molecule has 0 bridgehead atoms. The molecule has 3 rings (SSSR count). The second-order valence-corrected chi connectivity index (χ2v) is 8.10. The van der Waals surface area contributed by atoms with Gasteiger partial charge in [0.25, 0.3) is 0 Å². The zero-order valence-corrected chi connectivity index (χ0v) is 15.9. The molecule has 1 saturated heterocycles. The number of aliphatic imine (C=N–C) groups is 1. The van der Waals surface area contributed by atoms with Gasteiger partial charge in [-0.05, 0) is 51.4 Å². The summed E-state index contributed by atoms with van der Waals surface area (Å²) >= 11 is 0. The van der Waals surface area contributed by atoms with Crippen molar-refractivity contribution in [1.29, 1.82) is 0 Å². The molecule has 1 aliphatic heterocycles. The van der Waals surface area contributed by atoms with Crippen molar-refractivity contribution in [3.63, 3.8) is 0 Å². The third kappa shape index (κ3) is 5.11. The van der Waals surface area contributed by atoms with Crippen molar-refractivity contribution in [2.24, 2.45) is 10.9 Å². The minimum absolute atomic E-state index is 0.603. The maximum atomic E-state index is 4.68. The van der Waals surface area contributed by atoms with E-state index in [1.165, 1.54) is 77.3 Å². The molecule has 2 aliphatic carbocycles. The largest absolute Gasteiger partial charge is 0.354 e. The molecule has 0 spiro atoms. The van der Waals surface area contributed by atoms with E-state index in [0.29, 0.717) is 12.1 Å². The van der Waals surface area contributed by atoms with Crippen molar-refractivity contribution in [3.05, 3.63) is 0 Å². The molecular formula is C20H38N4. The summed E-state index contributed by atoms with van der Waals surface area (Å²) in [6.45, 7) is 7.81. The Labute approximate surface area is 148 Å². The van der Waals surface area contributed by atoms with Crippen LogP contribution in [0.1, 0.15) is 78.1 Å². The topological polar surface area (TPSA) is 39.7 Å². The van der Waals surface area contributed by atoms with Crippen molar-refractivity contribution in [3.8, 4) is 0 Å². The van der Waals surface area contributed by atoms with Crippen LogP contribution in [0, 0.1) is 5.92 Å². The van der Waals surface area contributed by atoms with Crippen LogP contribution in [0.5, 0.6) is 0 Å². The highest BCUT2D eigenvalue weighted by Gasteiger charge is 2.37. The lowest BCUT2D eigenvalue weighted by molar-refractivity contribution is 0.119. The Balaban J connectivity index is 1.41. The SMILES string of the molecule is CCCC1CC1NC(=NCC)NC1CCN(C2CCCCC2)CC1. The van der Waals surface area contributed by atoms with Gasteiger partial charge in [0.1, 0.15) is 0 Å². The number of nitrogens with one attached hydrogen (secondary N) is 2. The standard InChI is InChI=1S/C20H38N4/c1-3-8-16-15-19(16)23-20(21-4-2)22-17-11-13-24(14-12-17)18-9-6-5-7-10-18/h16-19H,3-15H2,1-2H3,(H2,21,22,23).